The topological polar surface area (TPSA) is 70.6 Å². The second-order valence-corrected chi connectivity index (χ2v) is 6.08. The molecular formula is C19H20ClN3O2. The van der Waals surface area contributed by atoms with E-state index in [1.54, 1.807) is 24.4 Å². The van der Waals surface area contributed by atoms with E-state index < -0.39 is 0 Å². The normalized spacial score (nSPS) is 10.7. The number of aryl methyl sites for hydroxylation is 1. The fraction of sp³-hybridized carbons (Fsp3) is 0.211. The number of hydrogen-bond acceptors (Lipinski definition) is 3. The van der Waals surface area contributed by atoms with E-state index in [1.807, 2.05) is 38.1 Å². The van der Waals surface area contributed by atoms with E-state index in [4.69, 9.17) is 11.6 Å². The van der Waals surface area contributed by atoms with Gasteiger partial charge < -0.3 is 5.32 Å². The molecule has 0 unspecified atom stereocenters. The Bertz CT molecular complexity index is 803. The van der Waals surface area contributed by atoms with Crippen LogP contribution in [0, 0.1) is 13.8 Å². The van der Waals surface area contributed by atoms with Crippen molar-refractivity contribution < 1.29 is 9.59 Å². The van der Waals surface area contributed by atoms with Crippen LogP contribution in [0.5, 0.6) is 0 Å². The highest BCUT2D eigenvalue weighted by Gasteiger charge is 2.09. The molecule has 25 heavy (non-hydrogen) atoms. The van der Waals surface area contributed by atoms with Gasteiger partial charge in [-0.25, -0.2) is 5.43 Å². The van der Waals surface area contributed by atoms with Crippen molar-refractivity contribution in [3.63, 3.8) is 0 Å². The maximum absolute atomic E-state index is 11.9. The first-order chi connectivity index (χ1) is 12.0. The number of carbonyl (C=O) groups is 2. The molecule has 0 aliphatic heterocycles. The van der Waals surface area contributed by atoms with Gasteiger partial charge in [-0.05, 0) is 37.1 Å². The van der Waals surface area contributed by atoms with Gasteiger partial charge in [-0.2, -0.15) is 5.10 Å². The molecule has 2 rings (SSSR count). The zero-order chi connectivity index (χ0) is 18.2. The van der Waals surface area contributed by atoms with Gasteiger partial charge >= 0.3 is 0 Å². The molecular weight excluding hydrogens is 338 g/mol. The minimum Gasteiger partial charge on any atom is -0.326 e. The minimum absolute atomic E-state index is 0.0522. The van der Waals surface area contributed by atoms with E-state index in [0.717, 1.165) is 16.7 Å². The van der Waals surface area contributed by atoms with Gasteiger partial charge in [-0.1, -0.05) is 47.5 Å². The predicted octanol–water partition coefficient (Wildman–Crippen LogP) is 3.83. The number of carbonyl (C=O) groups excluding carboxylic acids is 2. The lowest BCUT2D eigenvalue weighted by Gasteiger charge is -2.09. The number of nitrogens with zero attached hydrogens (tertiary/aromatic N) is 1. The summed E-state index contributed by atoms with van der Waals surface area (Å²) in [5.74, 6) is -0.565. The summed E-state index contributed by atoms with van der Waals surface area (Å²) in [7, 11) is 0. The first kappa shape index (κ1) is 18.7. The number of hydrogen-bond donors (Lipinski definition) is 2. The molecule has 0 aromatic heterocycles. The summed E-state index contributed by atoms with van der Waals surface area (Å²) < 4.78 is 0. The number of benzene rings is 2. The van der Waals surface area contributed by atoms with Crippen LogP contribution in [0.1, 0.15) is 29.5 Å². The highest BCUT2D eigenvalue weighted by Crippen LogP contribution is 2.23. The smallest absolute Gasteiger partial charge is 0.240 e. The number of amides is 2. The summed E-state index contributed by atoms with van der Waals surface area (Å²) in [4.78, 5) is 23.7. The molecule has 6 heteroatoms. The highest BCUT2D eigenvalue weighted by atomic mass is 35.5. The lowest BCUT2D eigenvalue weighted by Crippen LogP contribution is -2.20. The van der Waals surface area contributed by atoms with Gasteiger partial charge in [0.2, 0.25) is 11.8 Å². The van der Waals surface area contributed by atoms with Crippen molar-refractivity contribution in [1.29, 1.82) is 0 Å². The number of anilines is 1. The lowest BCUT2D eigenvalue weighted by molar-refractivity contribution is -0.124. The van der Waals surface area contributed by atoms with Gasteiger partial charge in [0.05, 0.1) is 6.21 Å². The number of nitrogens with one attached hydrogen (secondary N) is 2. The van der Waals surface area contributed by atoms with Crippen LogP contribution >= 0.6 is 11.6 Å². The fourth-order valence-corrected chi connectivity index (χ4v) is 2.34. The van der Waals surface area contributed by atoms with Gasteiger partial charge in [0.15, 0.2) is 0 Å². The molecule has 130 valence electrons. The van der Waals surface area contributed by atoms with Crippen molar-refractivity contribution in [2.24, 2.45) is 5.10 Å². The van der Waals surface area contributed by atoms with Crippen LogP contribution in [-0.2, 0) is 9.59 Å². The Morgan fingerprint density at radius 1 is 1.08 bits per heavy atom. The molecule has 2 aromatic carbocycles. The third-order valence-electron chi connectivity index (χ3n) is 3.57. The Balaban J connectivity index is 1.77. The van der Waals surface area contributed by atoms with Crippen molar-refractivity contribution in [2.75, 3.05) is 5.32 Å². The fourth-order valence-electron chi connectivity index (χ4n) is 2.17. The zero-order valence-electron chi connectivity index (χ0n) is 14.2. The molecule has 2 aromatic rings. The molecule has 0 bridgehead atoms. The summed E-state index contributed by atoms with van der Waals surface area (Å²) >= 11 is 6.01. The second kappa shape index (κ2) is 8.99. The minimum atomic E-state index is -0.318. The Hall–Kier alpha value is -2.66. The van der Waals surface area contributed by atoms with Crippen LogP contribution in [0.3, 0.4) is 0 Å². The molecule has 0 aliphatic rings. The van der Waals surface area contributed by atoms with E-state index in [2.05, 4.69) is 15.8 Å². The molecule has 2 N–H and O–H groups in total. The van der Waals surface area contributed by atoms with Crippen LogP contribution in [0.25, 0.3) is 0 Å². The van der Waals surface area contributed by atoms with Crippen LogP contribution in [0.2, 0.25) is 5.02 Å². The molecule has 0 aliphatic carbocycles. The summed E-state index contributed by atoms with van der Waals surface area (Å²) in [6, 6.07) is 13.0. The molecule has 0 heterocycles. The van der Waals surface area contributed by atoms with Crippen LogP contribution < -0.4 is 10.7 Å². The second-order valence-electron chi connectivity index (χ2n) is 5.67. The Kier molecular flexibility index (Phi) is 6.71. The third-order valence-corrected chi connectivity index (χ3v) is 3.98. The molecule has 0 spiro atoms. The largest absolute Gasteiger partial charge is 0.326 e. The van der Waals surface area contributed by atoms with Crippen LogP contribution in [0.15, 0.2) is 47.6 Å². The van der Waals surface area contributed by atoms with E-state index in [-0.39, 0.29) is 24.7 Å². The van der Waals surface area contributed by atoms with Gasteiger partial charge in [-0.15, -0.1) is 0 Å². The average molecular weight is 358 g/mol. The first-order valence-electron chi connectivity index (χ1n) is 7.89. The highest BCUT2D eigenvalue weighted by molar-refractivity contribution is 6.31. The van der Waals surface area contributed by atoms with Gasteiger partial charge in [0, 0.05) is 23.6 Å². The molecule has 2 amide bonds. The summed E-state index contributed by atoms with van der Waals surface area (Å²) in [5, 5.41) is 7.23. The van der Waals surface area contributed by atoms with Crippen molar-refractivity contribution in [2.45, 2.75) is 26.7 Å². The van der Waals surface area contributed by atoms with Crippen LogP contribution in [-0.4, -0.2) is 18.0 Å². The van der Waals surface area contributed by atoms with Gasteiger partial charge in [0.1, 0.15) is 0 Å². The van der Waals surface area contributed by atoms with E-state index in [0.29, 0.717) is 10.7 Å². The molecule has 0 radical (unpaired) electrons. The van der Waals surface area contributed by atoms with Crippen molar-refractivity contribution >= 4 is 35.3 Å². The van der Waals surface area contributed by atoms with Crippen molar-refractivity contribution in [3.8, 4) is 0 Å². The lowest BCUT2D eigenvalue weighted by atomic mass is 10.2. The van der Waals surface area contributed by atoms with Crippen molar-refractivity contribution in [1.82, 2.24) is 5.43 Å². The van der Waals surface area contributed by atoms with E-state index in [9.17, 15) is 9.59 Å². The summed E-state index contributed by atoms with van der Waals surface area (Å²) in [6.07, 6.45) is 1.69. The Morgan fingerprint density at radius 2 is 1.80 bits per heavy atom. The van der Waals surface area contributed by atoms with Gasteiger partial charge in [-0.3, -0.25) is 9.59 Å². The predicted molar refractivity (Wildman–Crippen MR) is 101 cm³/mol. The molecule has 0 atom stereocenters. The zero-order valence-corrected chi connectivity index (χ0v) is 14.9. The van der Waals surface area contributed by atoms with Gasteiger partial charge in [0.25, 0.3) is 0 Å². The maximum atomic E-state index is 11.9. The van der Waals surface area contributed by atoms with E-state index >= 15 is 0 Å². The average Bonchev–Trinajstić information content (AvgIpc) is 2.57. The molecule has 0 saturated carbocycles. The number of hydrazone groups is 1. The van der Waals surface area contributed by atoms with Crippen molar-refractivity contribution in [3.05, 3.63) is 64.2 Å². The maximum Gasteiger partial charge on any atom is 0.240 e. The third kappa shape index (κ3) is 6.04. The molecule has 5 nitrogen and oxygen atoms in total. The Morgan fingerprint density at radius 3 is 2.56 bits per heavy atom. The van der Waals surface area contributed by atoms with Crippen LogP contribution in [0.4, 0.5) is 5.69 Å². The quantitative estimate of drug-likeness (QED) is 0.609. The summed E-state index contributed by atoms with van der Waals surface area (Å²) in [6.45, 7) is 3.81. The van der Waals surface area contributed by atoms with E-state index in [1.165, 1.54) is 0 Å². The first-order valence-corrected chi connectivity index (χ1v) is 8.27. The standard InChI is InChI=1S/C19H20ClN3O2/c1-13-5-3-6-15(11-13)12-21-23-19(25)10-9-18(24)22-17-8-4-7-16(20)14(17)2/h3-8,11-12H,9-10H2,1-2H3,(H,22,24)(H,23,25). The SMILES string of the molecule is Cc1cccc(C=NNC(=O)CCC(=O)Nc2cccc(Cl)c2C)c1. The number of rotatable bonds is 6. The summed E-state index contributed by atoms with van der Waals surface area (Å²) in [5.41, 5.74) is 5.88. The number of halogens is 1. The molecule has 0 fully saturated rings. The Labute approximate surface area is 152 Å². The molecule has 0 saturated heterocycles. The monoisotopic (exact) mass is 357 g/mol.